The maximum absolute atomic E-state index is 11.1. The first-order valence-corrected chi connectivity index (χ1v) is 7.20. The van der Waals surface area contributed by atoms with Gasteiger partial charge in [-0.05, 0) is 33.0 Å². The zero-order chi connectivity index (χ0) is 14.8. The van der Waals surface area contributed by atoms with Gasteiger partial charge >= 0.3 is 5.97 Å². The van der Waals surface area contributed by atoms with Crippen LogP contribution in [0.5, 0.6) is 0 Å². The van der Waals surface area contributed by atoms with Gasteiger partial charge in [0, 0.05) is 26.2 Å². The van der Waals surface area contributed by atoms with Crippen molar-refractivity contribution in [2.24, 2.45) is 5.92 Å². The first kappa shape index (κ1) is 18.4. The molecule has 0 amide bonds. The lowest BCUT2D eigenvalue weighted by molar-refractivity contribution is -0.139. The Balaban J connectivity index is 4.24. The zero-order valence-corrected chi connectivity index (χ0v) is 13.1. The van der Waals surface area contributed by atoms with Crippen molar-refractivity contribution in [3.63, 3.8) is 0 Å². The zero-order valence-electron chi connectivity index (χ0n) is 13.1. The van der Waals surface area contributed by atoms with E-state index in [2.05, 4.69) is 43.1 Å². The minimum Gasteiger partial charge on any atom is -0.480 e. The van der Waals surface area contributed by atoms with Crippen LogP contribution in [-0.4, -0.2) is 73.7 Å². The molecular weight excluding hydrogens is 242 g/mol. The summed E-state index contributed by atoms with van der Waals surface area (Å²) in [4.78, 5) is 15.6. The highest BCUT2D eigenvalue weighted by molar-refractivity contribution is 5.73. The van der Waals surface area contributed by atoms with Crippen LogP contribution in [0.25, 0.3) is 0 Å². The molecule has 0 fully saturated rings. The van der Waals surface area contributed by atoms with Gasteiger partial charge in [-0.3, -0.25) is 4.79 Å². The fourth-order valence-corrected chi connectivity index (χ4v) is 2.02. The molecule has 0 aromatic rings. The molecule has 0 aromatic heterocycles. The van der Waals surface area contributed by atoms with Gasteiger partial charge in [-0.1, -0.05) is 20.8 Å². The van der Waals surface area contributed by atoms with Crippen LogP contribution in [0, 0.1) is 5.92 Å². The van der Waals surface area contributed by atoms with Crippen molar-refractivity contribution in [3.8, 4) is 0 Å². The van der Waals surface area contributed by atoms with Crippen LogP contribution >= 0.6 is 0 Å². The molecule has 2 N–H and O–H groups in total. The van der Waals surface area contributed by atoms with Crippen molar-refractivity contribution in [1.29, 1.82) is 0 Å². The SMILES string of the molecule is CCNC(CCN(CCN(C)C)CC(C)C)C(=O)O. The van der Waals surface area contributed by atoms with Crippen molar-refractivity contribution in [2.75, 3.05) is 46.8 Å². The number of likely N-dealkylation sites (N-methyl/N-ethyl adjacent to an activating group) is 2. The Kier molecular flexibility index (Phi) is 9.83. The summed E-state index contributed by atoms with van der Waals surface area (Å²) in [6.07, 6.45) is 0.656. The van der Waals surface area contributed by atoms with E-state index in [1.807, 2.05) is 6.92 Å². The second kappa shape index (κ2) is 10.2. The summed E-state index contributed by atoms with van der Waals surface area (Å²) in [6.45, 7) is 10.9. The van der Waals surface area contributed by atoms with E-state index in [0.29, 0.717) is 18.9 Å². The third-order valence-electron chi connectivity index (χ3n) is 2.97. The fourth-order valence-electron chi connectivity index (χ4n) is 2.02. The minimum atomic E-state index is -0.751. The molecule has 1 atom stereocenters. The molecule has 0 aromatic carbocycles. The third-order valence-corrected chi connectivity index (χ3v) is 2.97. The summed E-state index contributed by atoms with van der Waals surface area (Å²) in [5.74, 6) is -0.150. The number of carboxylic acids is 1. The van der Waals surface area contributed by atoms with Crippen molar-refractivity contribution < 1.29 is 9.90 Å². The predicted octanol–water partition coefficient (Wildman–Crippen LogP) is 0.959. The Bertz CT molecular complexity index is 245. The third kappa shape index (κ3) is 9.87. The van der Waals surface area contributed by atoms with Gasteiger partial charge in [0.2, 0.25) is 0 Å². The van der Waals surface area contributed by atoms with Gasteiger partial charge in [0.25, 0.3) is 0 Å². The predicted molar refractivity (Wildman–Crippen MR) is 79.5 cm³/mol. The number of carboxylic acid groups (broad SMARTS) is 1. The highest BCUT2D eigenvalue weighted by Crippen LogP contribution is 2.02. The Morgan fingerprint density at radius 1 is 1.21 bits per heavy atom. The summed E-state index contributed by atoms with van der Waals surface area (Å²) in [6, 6.07) is -0.431. The van der Waals surface area contributed by atoms with E-state index in [0.717, 1.165) is 26.2 Å². The lowest BCUT2D eigenvalue weighted by Crippen LogP contribution is -2.42. The van der Waals surface area contributed by atoms with E-state index in [4.69, 9.17) is 5.11 Å². The highest BCUT2D eigenvalue weighted by atomic mass is 16.4. The van der Waals surface area contributed by atoms with Crippen molar-refractivity contribution in [3.05, 3.63) is 0 Å². The largest absolute Gasteiger partial charge is 0.480 e. The number of aliphatic carboxylic acids is 1. The van der Waals surface area contributed by atoms with Crippen molar-refractivity contribution in [2.45, 2.75) is 33.2 Å². The summed E-state index contributed by atoms with van der Waals surface area (Å²) in [5.41, 5.74) is 0. The minimum absolute atomic E-state index is 0.431. The van der Waals surface area contributed by atoms with Crippen molar-refractivity contribution in [1.82, 2.24) is 15.1 Å². The molecule has 5 heteroatoms. The van der Waals surface area contributed by atoms with Gasteiger partial charge in [0.1, 0.15) is 6.04 Å². The molecule has 0 aliphatic heterocycles. The van der Waals surface area contributed by atoms with Gasteiger partial charge < -0.3 is 20.2 Å². The van der Waals surface area contributed by atoms with Crippen LogP contribution in [0.1, 0.15) is 27.2 Å². The van der Waals surface area contributed by atoms with E-state index < -0.39 is 12.0 Å². The van der Waals surface area contributed by atoms with Crippen LogP contribution in [0.4, 0.5) is 0 Å². The van der Waals surface area contributed by atoms with E-state index in [1.54, 1.807) is 0 Å². The molecule has 0 saturated carbocycles. The van der Waals surface area contributed by atoms with Gasteiger partial charge in [-0.25, -0.2) is 0 Å². The molecular formula is C14H31N3O2. The lowest BCUT2D eigenvalue weighted by atomic mass is 10.1. The molecule has 114 valence electrons. The number of hydrogen-bond acceptors (Lipinski definition) is 4. The Hall–Kier alpha value is -0.650. The van der Waals surface area contributed by atoms with Gasteiger partial charge in [0.05, 0.1) is 0 Å². The van der Waals surface area contributed by atoms with Crippen LogP contribution in [-0.2, 0) is 4.79 Å². The van der Waals surface area contributed by atoms with Crippen LogP contribution in [0.15, 0.2) is 0 Å². The van der Waals surface area contributed by atoms with Gasteiger partial charge in [-0.15, -0.1) is 0 Å². The first-order valence-electron chi connectivity index (χ1n) is 7.20. The van der Waals surface area contributed by atoms with Crippen molar-refractivity contribution >= 4 is 5.97 Å². The maximum atomic E-state index is 11.1. The van der Waals surface area contributed by atoms with E-state index in [1.165, 1.54) is 0 Å². The lowest BCUT2D eigenvalue weighted by Gasteiger charge is -2.27. The summed E-state index contributed by atoms with van der Waals surface area (Å²) >= 11 is 0. The standard InChI is InChI=1S/C14H31N3O2/c1-6-15-13(14(18)19)7-8-17(11-12(2)3)10-9-16(4)5/h12-13,15H,6-11H2,1-5H3,(H,18,19). The molecule has 5 nitrogen and oxygen atoms in total. The van der Waals surface area contributed by atoms with Crippen LogP contribution in [0.3, 0.4) is 0 Å². The molecule has 19 heavy (non-hydrogen) atoms. The average Bonchev–Trinajstić information content (AvgIpc) is 2.29. The molecule has 0 spiro atoms. The maximum Gasteiger partial charge on any atom is 0.320 e. The smallest absolute Gasteiger partial charge is 0.320 e. The normalized spacial score (nSPS) is 13.5. The Morgan fingerprint density at radius 2 is 1.84 bits per heavy atom. The van der Waals surface area contributed by atoms with Crippen LogP contribution in [0.2, 0.25) is 0 Å². The molecule has 0 bridgehead atoms. The summed E-state index contributed by atoms with van der Waals surface area (Å²) < 4.78 is 0. The second-order valence-electron chi connectivity index (χ2n) is 5.73. The topological polar surface area (TPSA) is 55.8 Å². The molecule has 0 rings (SSSR count). The molecule has 1 unspecified atom stereocenters. The molecule has 0 radical (unpaired) electrons. The van der Waals surface area contributed by atoms with Crippen LogP contribution < -0.4 is 5.32 Å². The van der Waals surface area contributed by atoms with Gasteiger partial charge in [-0.2, -0.15) is 0 Å². The van der Waals surface area contributed by atoms with E-state index >= 15 is 0 Å². The summed E-state index contributed by atoms with van der Waals surface area (Å²) in [5, 5.41) is 12.1. The number of nitrogens with zero attached hydrogens (tertiary/aromatic N) is 2. The second-order valence-corrected chi connectivity index (χ2v) is 5.73. The number of carbonyl (C=O) groups is 1. The number of nitrogens with one attached hydrogen (secondary N) is 1. The highest BCUT2D eigenvalue weighted by Gasteiger charge is 2.17. The molecule has 0 heterocycles. The molecule has 0 saturated heterocycles. The molecule has 0 aliphatic carbocycles. The monoisotopic (exact) mass is 273 g/mol. The van der Waals surface area contributed by atoms with E-state index in [9.17, 15) is 4.79 Å². The van der Waals surface area contributed by atoms with E-state index in [-0.39, 0.29) is 0 Å². The Labute approximate surface area is 118 Å². The Morgan fingerprint density at radius 3 is 2.26 bits per heavy atom. The number of hydrogen-bond donors (Lipinski definition) is 2. The summed E-state index contributed by atoms with van der Waals surface area (Å²) in [7, 11) is 4.12. The molecule has 0 aliphatic rings. The fraction of sp³-hybridized carbons (Fsp3) is 0.929. The van der Waals surface area contributed by atoms with Gasteiger partial charge in [0.15, 0.2) is 0 Å². The average molecular weight is 273 g/mol. The number of rotatable bonds is 11. The quantitative estimate of drug-likeness (QED) is 0.587. The first-order chi connectivity index (χ1) is 8.86.